The van der Waals surface area contributed by atoms with E-state index in [4.69, 9.17) is 0 Å². The van der Waals surface area contributed by atoms with Crippen LogP contribution >= 0.6 is 0 Å². The summed E-state index contributed by atoms with van der Waals surface area (Å²) in [6.07, 6.45) is 3.91. The van der Waals surface area contributed by atoms with Crippen LogP contribution in [0.4, 0.5) is 10.1 Å². The first-order valence-corrected chi connectivity index (χ1v) is 9.89. The summed E-state index contributed by atoms with van der Waals surface area (Å²) in [4.78, 5) is 26.3. The van der Waals surface area contributed by atoms with E-state index in [0.29, 0.717) is 29.9 Å². The van der Waals surface area contributed by atoms with Gasteiger partial charge >= 0.3 is 5.97 Å². The van der Waals surface area contributed by atoms with Gasteiger partial charge in [0, 0.05) is 13.1 Å². The van der Waals surface area contributed by atoms with Gasteiger partial charge in [-0.05, 0) is 60.4 Å². The summed E-state index contributed by atoms with van der Waals surface area (Å²) < 4.78 is 16.5. The van der Waals surface area contributed by atoms with Crippen LogP contribution < -0.4 is 10.5 Å². The minimum atomic E-state index is -1.28. The van der Waals surface area contributed by atoms with E-state index >= 15 is 4.39 Å². The van der Waals surface area contributed by atoms with Crippen LogP contribution in [0.5, 0.6) is 0 Å². The van der Waals surface area contributed by atoms with Crippen molar-refractivity contribution in [1.82, 2.24) is 4.40 Å². The standard InChI is InChI=1S/C23H21FN2O3/c1-13-20-17(15-6-7-15)10-18(23(28)29)22(27)26(20)12-19(24)21(13)25-9-8-14-4-2-3-5-16(14)11-25/h2-5,10,12,15H,6-9,11H2,1H3,(H,28,29). The molecule has 1 fully saturated rings. The van der Waals surface area contributed by atoms with Crippen LogP contribution in [0.3, 0.4) is 0 Å². The van der Waals surface area contributed by atoms with Crippen LogP contribution in [-0.2, 0) is 13.0 Å². The molecular weight excluding hydrogens is 371 g/mol. The van der Waals surface area contributed by atoms with E-state index in [1.165, 1.54) is 27.8 Å². The summed E-state index contributed by atoms with van der Waals surface area (Å²) in [6.45, 7) is 3.14. The summed E-state index contributed by atoms with van der Waals surface area (Å²) in [6, 6.07) is 9.68. The predicted octanol–water partition coefficient (Wildman–Crippen LogP) is 3.89. The molecule has 1 aliphatic heterocycles. The second-order valence-electron chi connectivity index (χ2n) is 8.01. The number of aryl methyl sites for hydroxylation is 1. The zero-order chi connectivity index (χ0) is 20.3. The molecule has 5 nitrogen and oxygen atoms in total. The number of hydrogen-bond donors (Lipinski definition) is 1. The summed E-state index contributed by atoms with van der Waals surface area (Å²) >= 11 is 0. The average Bonchev–Trinajstić information content (AvgIpc) is 3.53. The molecule has 148 valence electrons. The normalized spacial score (nSPS) is 16.1. The molecule has 2 aromatic heterocycles. The Balaban J connectivity index is 1.72. The Labute approximate surface area is 167 Å². The molecule has 1 aromatic carbocycles. The van der Waals surface area contributed by atoms with Gasteiger partial charge in [0.05, 0.1) is 17.4 Å². The number of carboxylic acids is 1. The first-order valence-electron chi connectivity index (χ1n) is 9.89. The number of aromatic carboxylic acids is 1. The topological polar surface area (TPSA) is 62.0 Å². The second kappa shape index (κ2) is 6.44. The Morgan fingerprint density at radius 3 is 2.62 bits per heavy atom. The molecule has 0 amide bonds. The third-order valence-electron chi connectivity index (χ3n) is 6.14. The quantitative estimate of drug-likeness (QED) is 0.735. The van der Waals surface area contributed by atoms with Crippen molar-refractivity contribution >= 4 is 17.2 Å². The Kier molecular flexibility index (Phi) is 3.98. The Bertz CT molecular complexity index is 1230. The van der Waals surface area contributed by atoms with Crippen molar-refractivity contribution in [1.29, 1.82) is 0 Å². The van der Waals surface area contributed by atoms with Crippen LogP contribution in [0.1, 0.15) is 51.4 Å². The van der Waals surface area contributed by atoms with Gasteiger partial charge in [0.15, 0.2) is 5.82 Å². The number of carbonyl (C=O) groups is 1. The first-order chi connectivity index (χ1) is 14.0. The van der Waals surface area contributed by atoms with Crippen molar-refractivity contribution < 1.29 is 14.3 Å². The highest BCUT2D eigenvalue weighted by atomic mass is 19.1. The molecule has 0 unspecified atom stereocenters. The van der Waals surface area contributed by atoms with Crippen molar-refractivity contribution in [3.8, 4) is 0 Å². The number of rotatable bonds is 3. The zero-order valence-corrected chi connectivity index (χ0v) is 16.1. The fraction of sp³-hybridized carbons (Fsp3) is 0.304. The Hall–Kier alpha value is -3.15. The van der Waals surface area contributed by atoms with Gasteiger partial charge in [0.1, 0.15) is 5.56 Å². The van der Waals surface area contributed by atoms with Crippen LogP contribution in [0, 0.1) is 12.7 Å². The van der Waals surface area contributed by atoms with E-state index in [2.05, 4.69) is 12.1 Å². The number of halogens is 1. The highest BCUT2D eigenvalue weighted by molar-refractivity contribution is 5.89. The van der Waals surface area contributed by atoms with Gasteiger partial charge in [0.25, 0.3) is 5.56 Å². The predicted molar refractivity (Wildman–Crippen MR) is 108 cm³/mol. The molecule has 1 aliphatic carbocycles. The lowest BCUT2D eigenvalue weighted by Crippen LogP contribution is -2.32. The second-order valence-corrected chi connectivity index (χ2v) is 8.01. The average molecular weight is 392 g/mol. The van der Waals surface area contributed by atoms with Gasteiger partial charge in [-0.2, -0.15) is 0 Å². The number of benzene rings is 1. The summed E-state index contributed by atoms with van der Waals surface area (Å²) in [5.41, 5.74) is 4.15. The van der Waals surface area contributed by atoms with E-state index in [1.54, 1.807) is 0 Å². The minimum absolute atomic E-state index is 0.225. The molecule has 0 saturated heterocycles. The maximum atomic E-state index is 15.3. The Morgan fingerprint density at radius 1 is 1.21 bits per heavy atom. The van der Waals surface area contributed by atoms with Crippen molar-refractivity contribution in [3.63, 3.8) is 0 Å². The van der Waals surface area contributed by atoms with Crippen molar-refractivity contribution in [3.05, 3.63) is 80.5 Å². The van der Waals surface area contributed by atoms with Crippen molar-refractivity contribution in [2.45, 2.75) is 38.6 Å². The SMILES string of the molecule is Cc1c(N2CCc3ccccc3C2)c(F)cn2c(=O)c(C(=O)O)cc(C3CC3)c12. The fourth-order valence-electron chi connectivity index (χ4n) is 4.58. The molecule has 29 heavy (non-hydrogen) atoms. The number of carboxylic acid groups (broad SMARTS) is 1. The molecule has 2 aliphatic rings. The van der Waals surface area contributed by atoms with E-state index in [0.717, 1.165) is 24.8 Å². The third-order valence-corrected chi connectivity index (χ3v) is 6.14. The summed E-state index contributed by atoms with van der Waals surface area (Å²) in [5, 5.41) is 9.43. The largest absolute Gasteiger partial charge is 0.477 e. The number of hydrogen-bond acceptors (Lipinski definition) is 3. The molecule has 0 bridgehead atoms. The van der Waals surface area contributed by atoms with Gasteiger partial charge in [-0.15, -0.1) is 0 Å². The Morgan fingerprint density at radius 2 is 1.93 bits per heavy atom. The lowest BCUT2D eigenvalue weighted by Gasteiger charge is -2.32. The molecule has 1 saturated carbocycles. The van der Waals surface area contributed by atoms with Gasteiger partial charge in [-0.25, -0.2) is 9.18 Å². The first kappa shape index (κ1) is 17.9. The van der Waals surface area contributed by atoms with Crippen molar-refractivity contribution in [2.24, 2.45) is 0 Å². The van der Waals surface area contributed by atoms with E-state index in [9.17, 15) is 14.7 Å². The van der Waals surface area contributed by atoms with Crippen LogP contribution in [0.2, 0.25) is 0 Å². The number of pyridine rings is 2. The third kappa shape index (κ3) is 2.82. The van der Waals surface area contributed by atoms with Crippen LogP contribution in [0.25, 0.3) is 5.52 Å². The number of aromatic nitrogens is 1. The maximum Gasteiger partial charge on any atom is 0.341 e. The molecule has 5 rings (SSSR count). The lowest BCUT2D eigenvalue weighted by molar-refractivity contribution is 0.0694. The van der Waals surface area contributed by atoms with Gasteiger partial charge in [0.2, 0.25) is 0 Å². The molecule has 6 heteroatoms. The number of fused-ring (bicyclic) bond motifs is 2. The molecular formula is C23H21FN2O3. The van der Waals surface area contributed by atoms with Crippen LogP contribution in [0.15, 0.2) is 41.3 Å². The lowest BCUT2D eigenvalue weighted by atomic mass is 9.97. The number of nitrogens with zero attached hydrogens (tertiary/aromatic N) is 2. The summed E-state index contributed by atoms with van der Waals surface area (Å²) in [7, 11) is 0. The molecule has 3 heterocycles. The summed E-state index contributed by atoms with van der Waals surface area (Å²) in [5.74, 6) is -1.55. The number of anilines is 1. The van der Waals surface area contributed by atoms with E-state index in [-0.39, 0.29) is 11.5 Å². The van der Waals surface area contributed by atoms with Crippen molar-refractivity contribution in [2.75, 3.05) is 11.4 Å². The smallest absolute Gasteiger partial charge is 0.341 e. The van der Waals surface area contributed by atoms with Crippen LogP contribution in [-0.4, -0.2) is 22.0 Å². The van der Waals surface area contributed by atoms with Gasteiger partial charge in [-0.3, -0.25) is 9.20 Å². The van der Waals surface area contributed by atoms with E-state index < -0.39 is 17.3 Å². The molecule has 0 spiro atoms. The zero-order valence-electron chi connectivity index (χ0n) is 16.1. The fourth-order valence-corrected chi connectivity index (χ4v) is 4.58. The molecule has 0 atom stereocenters. The molecule has 1 N–H and O–H groups in total. The monoisotopic (exact) mass is 392 g/mol. The minimum Gasteiger partial charge on any atom is -0.477 e. The van der Waals surface area contributed by atoms with Gasteiger partial charge in [-0.1, -0.05) is 24.3 Å². The molecule has 3 aromatic rings. The molecule has 0 radical (unpaired) electrons. The maximum absolute atomic E-state index is 15.3. The van der Waals surface area contributed by atoms with Gasteiger partial charge < -0.3 is 10.0 Å². The highest BCUT2D eigenvalue weighted by Crippen LogP contribution is 2.44. The van der Waals surface area contributed by atoms with E-state index in [1.807, 2.05) is 24.0 Å². The highest BCUT2D eigenvalue weighted by Gasteiger charge is 2.31.